The fraction of sp³-hybridized carbons (Fsp3) is 0.333. The number of hydrogen-bond donors (Lipinski definition) is 0. The van der Waals surface area contributed by atoms with Crippen LogP contribution in [0.3, 0.4) is 0 Å². The highest BCUT2D eigenvalue weighted by Gasteiger charge is 2.22. The Morgan fingerprint density at radius 2 is 1.69 bits per heavy atom. The number of hydrogen-bond acceptors (Lipinski definition) is 5. The fourth-order valence-corrected chi connectivity index (χ4v) is 4.46. The molecule has 35 heavy (non-hydrogen) atoms. The Morgan fingerprint density at radius 1 is 0.943 bits per heavy atom. The highest BCUT2D eigenvalue weighted by Crippen LogP contribution is 2.28. The van der Waals surface area contributed by atoms with Crippen molar-refractivity contribution in [1.82, 2.24) is 9.80 Å². The first kappa shape index (κ1) is 26.2. The zero-order valence-electron chi connectivity index (χ0n) is 20.3. The SMILES string of the molecule is CCCN(CC(=O)N(CCc1ccc(OC)c(OC)c1)Cc1cccs1)C(=O)c1ccc(F)cc1. The molecular formula is C27H31FN2O4S. The second-order valence-corrected chi connectivity index (χ2v) is 9.10. The lowest BCUT2D eigenvalue weighted by atomic mass is 10.1. The number of carbonyl (C=O) groups is 2. The predicted molar refractivity (Wildman–Crippen MR) is 136 cm³/mol. The zero-order chi connectivity index (χ0) is 25.2. The summed E-state index contributed by atoms with van der Waals surface area (Å²) in [5.41, 5.74) is 1.38. The van der Waals surface area contributed by atoms with Crippen molar-refractivity contribution in [3.05, 3.63) is 81.8 Å². The van der Waals surface area contributed by atoms with Crippen LogP contribution in [0.4, 0.5) is 4.39 Å². The first-order valence-corrected chi connectivity index (χ1v) is 12.4. The van der Waals surface area contributed by atoms with Crippen molar-refractivity contribution in [3.63, 3.8) is 0 Å². The molecule has 0 saturated carbocycles. The quantitative estimate of drug-likeness (QED) is 0.352. The number of halogens is 1. The largest absolute Gasteiger partial charge is 0.493 e. The van der Waals surface area contributed by atoms with Crippen molar-refractivity contribution in [1.29, 1.82) is 0 Å². The smallest absolute Gasteiger partial charge is 0.254 e. The molecule has 2 aromatic carbocycles. The van der Waals surface area contributed by atoms with Crippen molar-refractivity contribution in [2.75, 3.05) is 33.9 Å². The molecule has 3 aromatic rings. The molecule has 0 saturated heterocycles. The molecule has 0 atom stereocenters. The van der Waals surface area contributed by atoms with Gasteiger partial charge in [0.25, 0.3) is 5.91 Å². The third-order valence-corrected chi connectivity index (χ3v) is 6.46. The first-order valence-electron chi connectivity index (χ1n) is 11.5. The minimum absolute atomic E-state index is 0.0403. The molecule has 8 heteroatoms. The van der Waals surface area contributed by atoms with Crippen molar-refractivity contribution < 1.29 is 23.5 Å². The molecule has 0 N–H and O–H groups in total. The second kappa shape index (κ2) is 12.9. The third-order valence-electron chi connectivity index (χ3n) is 5.60. The molecular weight excluding hydrogens is 467 g/mol. The summed E-state index contributed by atoms with van der Waals surface area (Å²) in [6.07, 6.45) is 1.33. The third kappa shape index (κ3) is 7.29. The highest BCUT2D eigenvalue weighted by molar-refractivity contribution is 7.09. The molecule has 0 bridgehead atoms. The van der Waals surface area contributed by atoms with Crippen LogP contribution in [-0.4, -0.2) is 55.5 Å². The Balaban J connectivity index is 1.75. The molecule has 0 fully saturated rings. The van der Waals surface area contributed by atoms with E-state index >= 15 is 0 Å². The fourth-order valence-electron chi connectivity index (χ4n) is 3.74. The lowest BCUT2D eigenvalue weighted by molar-refractivity contribution is -0.132. The molecule has 2 amide bonds. The molecule has 0 spiro atoms. The molecule has 6 nitrogen and oxygen atoms in total. The van der Waals surface area contributed by atoms with Gasteiger partial charge in [-0.15, -0.1) is 11.3 Å². The van der Waals surface area contributed by atoms with Crippen molar-refractivity contribution >= 4 is 23.2 Å². The van der Waals surface area contributed by atoms with Gasteiger partial charge < -0.3 is 19.3 Å². The number of amides is 2. The van der Waals surface area contributed by atoms with Gasteiger partial charge in [0.1, 0.15) is 12.4 Å². The summed E-state index contributed by atoms with van der Waals surface area (Å²) in [6.45, 7) is 3.30. The van der Waals surface area contributed by atoms with Crippen molar-refractivity contribution in [2.24, 2.45) is 0 Å². The van der Waals surface area contributed by atoms with Gasteiger partial charge in [-0.25, -0.2) is 4.39 Å². The van der Waals surface area contributed by atoms with Crippen molar-refractivity contribution in [3.8, 4) is 11.5 Å². The summed E-state index contributed by atoms with van der Waals surface area (Å²) < 4.78 is 24.0. The summed E-state index contributed by atoms with van der Waals surface area (Å²) >= 11 is 1.59. The topological polar surface area (TPSA) is 59.1 Å². The molecule has 186 valence electrons. The summed E-state index contributed by atoms with van der Waals surface area (Å²) in [5.74, 6) is 0.466. The van der Waals surface area contributed by atoms with Crippen LogP contribution in [0, 0.1) is 5.82 Å². The Morgan fingerprint density at radius 3 is 2.31 bits per heavy atom. The summed E-state index contributed by atoms with van der Waals surface area (Å²) in [4.78, 5) is 30.8. The van der Waals surface area contributed by atoms with E-state index in [1.54, 1.807) is 30.5 Å². The highest BCUT2D eigenvalue weighted by atomic mass is 32.1. The van der Waals surface area contributed by atoms with Gasteiger partial charge in [0.2, 0.25) is 5.91 Å². The Labute approximate surface area is 209 Å². The number of benzene rings is 2. The minimum Gasteiger partial charge on any atom is -0.493 e. The van der Waals surface area contributed by atoms with Gasteiger partial charge in [-0.3, -0.25) is 9.59 Å². The monoisotopic (exact) mass is 498 g/mol. The molecule has 0 unspecified atom stereocenters. The maximum absolute atomic E-state index is 13.4. The van der Waals surface area contributed by atoms with Gasteiger partial charge in [-0.2, -0.15) is 0 Å². The van der Waals surface area contributed by atoms with E-state index in [2.05, 4.69) is 0 Å². The van der Waals surface area contributed by atoms with E-state index in [0.29, 0.717) is 49.5 Å². The van der Waals surface area contributed by atoms with Crippen LogP contribution >= 0.6 is 11.3 Å². The lowest BCUT2D eigenvalue weighted by Gasteiger charge is -2.27. The number of methoxy groups -OCH3 is 2. The number of rotatable bonds is 12. The van der Waals surface area contributed by atoms with Gasteiger partial charge in [0.15, 0.2) is 11.5 Å². The molecule has 0 aliphatic carbocycles. The zero-order valence-corrected chi connectivity index (χ0v) is 21.1. The van der Waals surface area contributed by atoms with E-state index in [4.69, 9.17) is 9.47 Å². The Bertz CT molecular complexity index is 1100. The standard InChI is InChI=1S/C27H31FN2O4S/c1-4-14-30(27(32)21-8-10-22(28)11-9-21)19-26(31)29(18-23-6-5-16-35-23)15-13-20-7-12-24(33-2)25(17-20)34-3/h5-12,16-17H,4,13-15,18-19H2,1-3H3. The first-order chi connectivity index (χ1) is 16.9. The number of nitrogens with zero attached hydrogens (tertiary/aromatic N) is 2. The average molecular weight is 499 g/mol. The molecule has 0 aliphatic rings. The van der Waals surface area contributed by atoms with Crippen LogP contribution in [0.15, 0.2) is 60.0 Å². The van der Waals surface area contributed by atoms with Crippen LogP contribution in [0.2, 0.25) is 0 Å². The van der Waals surface area contributed by atoms with Crippen LogP contribution in [0.1, 0.15) is 34.1 Å². The minimum atomic E-state index is -0.406. The Hall–Kier alpha value is -3.39. The normalized spacial score (nSPS) is 10.6. The van der Waals surface area contributed by atoms with Crippen LogP contribution < -0.4 is 9.47 Å². The second-order valence-electron chi connectivity index (χ2n) is 8.07. The van der Waals surface area contributed by atoms with Gasteiger partial charge in [0.05, 0.1) is 20.8 Å². The summed E-state index contributed by atoms with van der Waals surface area (Å²) in [5, 5.41) is 1.98. The van der Waals surface area contributed by atoms with Crippen LogP contribution in [0.5, 0.6) is 11.5 Å². The van der Waals surface area contributed by atoms with E-state index < -0.39 is 5.82 Å². The molecule has 3 rings (SSSR count). The Kier molecular flexibility index (Phi) is 9.66. The van der Waals surface area contributed by atoms with E-state index in [-0.39, 0.29) is 18.4 Å². The number of thiophene rings is 1. The summed E-state index contributed by atoms with van der Waals surface area (Å²) in [7, 11) is 3.18. The number of ether oxygens (including phenoxy) is 2. The number of carbonyl (C=O) groups excluding carboxylic acids is 2. The van der Waals surface area contributed by atoms with Gasteiger partial charge >= 0.3 is 0 Å². The van der Waals surface area contributed by atoms with E-state index in [0.717, 1.165) is 10.4 Å². The van der Waals surface area contributed by atoms with Crippen LogP contribution in [0.25, 0.3) is 0 Å². The molecule has 0 aliphatic heterocycles. The average Bonchev–Trinajstić information content (AvgIpc) is 3.39. The van der Waals surface area contributed by atoms with Gasteiger partial charge in [0, 0.05) is 23.5 Å². The van der Waals surface area contributed by atoms with E-state index in [1.165, 1.54) is 29.2 Å². The van der Waals surface area contributed by atoms with Gasteiger partial charge in [-0.05, 0) is 66.2 Å². The van der Waals surface area contributed by atoms with E-state index in [9.17, 15) is 14.0 Å². The summed E-state index contributed by atoms with van der Waals surface area (Å²) in [6, 6.07) is 15.1. The molecule has 1 heterocycles. The van der Waals surface area contributed by atoms with Crippen LogP contribution in [-0.2, 0) is 17.8 Å². The van der Waals surface area contributed by atoms with Crippen molar-refractivity contribution in [2.45, 2.75) is 26.3 Å². The van der Waals surface area contributed by atoms with E-state index in [1.807, 2.05) is 42.6 Å². The maximum atomic E-state index is 13.4. The molecule has 0 radical (unpaired) electrons. The maximum Gasteiger partial charge on any atom is 0.254 e. The lowest BCUT2D eigenvalue weighted by Crippen LogP contribution is -2.43. The molecule has 1 aromatic heterocycles. The predicted octanol–water partition coefficient (Wildman–Crippen LogP) is 5.03. The van der Waals surface area contributed by atoms with Gasteiger partial charge in [-0.1, -0.05) is 19.1 Å².